The summed E-state index contributed by atoms with van der Waals surface area (Å²) in [5.74, 6) is 0.919. The number of methoxy groups -OCH3 is 1. The normalized spacial score (nSPS) is 17.1. The smallest absolute Gasteiger partial charge is 0.323 e. The fraction of sp³-hybridized carbons (Fsp3) is 0.400. The van der Waals surface area contributed by atoms with Gasteiger partial charge in [-0.2, -0.15) is 0 Å². The van der Waals surface area contributed by atoms with Crippen molar-refractivity contribution in [2.45, 2.75) is 39.8 Å². The number of ether oxygens (including phenoxy) is 2. The van der Waals surface area contributed by atoms with Crippen LogP contribution in [0.2, 0.25) is 0 Å². The Hall–Kier alpha value is -4.78. The van der Waals surface area contributed by atoms with Gasteiger partial charge in [-0.05, 0) is 63.2 Å². The molecule has 0 saturated carbocycles. The number of nitrogens with one attached hydrogen (secondary N) is 3. The first kappa shape index (κ1) is 31.2. The number of aliphatic hydroxyl groups excluding tert-OH is 1. The van der Waals surface area contributed by atoms with Gasteiger partial charge in [-0.1, -0.05) is 12.1 Å². The van der Waals surface area contributed by atoms with E-state index in [-0.39, 0.29) is 43.1 Å². The number of rotatable bonds is 8. The molecule has 2 aromatic carbocycles. The zero-order valence-electron chi connectivity index (χ0n) is 25.1. The maximum atomic E-state index is 13.7. The summed E-state index contributed by atoms with van der Waals surface area (Å²) in [6, 6.07) is 10.3. The van der Waals surface area contributed by atoms with Crippen molar-refractivity contribution < 1.29 is 33.5 Å². The highest BCUT2D eigenvalue weighted by molar-refractivity contribution is 6.02. The van der Waals surface area contributed by atoms with Gasteiger partial charge < -0.3 is 44.9 Å². The minimum atomic E-state index is -0.502. The molecule has 3 aromatic rings. The number of carbonyl (C=O) groups is 3. The van der Waals surface area contributed by atoms with Crippen LogP contribution < -0.4 is 25.4 Å². The molecule has 0 radical (unpaired) electrons. The molecular weight excluding hydrogens is 556 g/mol. The number of carbonyl (C=O) groups excluding carboxylic acids is 3. The van der Waals surface area contributed by atoms with E-state index < -0.39 is 18.2 Å². The quantitative estimate of drug-likeness (QED) is 0.300. The molecular formula is C30H38N6O7. The van der Waals surface area contributed by atoms with E-state index in [1.165, 1.54) is 4.90 Å². The van der Waals surface area contributed by atoms with Crippen LogP contribution in [0.5, 0.6) is 11.5 Å². The lowest BCUT2D eigenvalue weighted by Crippen LogP contribution is -2.50. The molecule has 4 rings (SSSR count). The zero-order chi connectivity index (χ0) is 31.3. The molecule has 13 heteroatoms. The summed E-state index contributed by atoms with van der Waals surface area (Å²) in [5, 5.41) is 22.1. The minimum Gasteiger partial charge on any atom is -0.497 e. The van der Waals surface area contributed by atoms with Crippen LogP contribution in [0, 0.1) is 19.8 Å². The molecule has 5 amide bonds. The Labute approximate surface area is 250 Å². The second-order valence-electron chi connectivity index (χ2n) is 10.7. The standard InChI is InChI=1S/C30H38N6O7/c1-17-14-36(18(2)16-37)28(38)24-13-22(32-29(39)31-21-7-10-23(41-6)11-8-21)9-12-25(24)42-26(17)15-35(5)30(40)33-27-19(3)34-43-20(27)4/h7-13,17-18,26,37H,14-16H2,1-6H3,(H,33,40)(H2,31,32,39)/t17-,18+,26+/m0/s1. The molecule has 0 spiro atoms. The third-order valence-corrected chi connectivity index (χ3v) is 7.34. The highest BCUT2D eigenvalue weighted by Crippen LogP contribution is 2.31. The number of amides is 5. The number of hydrogen-bond donors (Lipinski definition) is 4. The van der Waals surface area contributed by atoms with Crippen molar-refractivity contribution in [1.82, 2.24) is 15.0 Å². The van der Waals surface area contributed by atoms with E-state index >= 15 is 0 Å². The number of anilines is 3. The van der Waals surface area contributed by atoms with Gasteiger partial charge >= 0.3 is 12.1 Å². The van der Waals surface area contributed by atoms with E-state index in [4.69, 9.17) is 14.0 Å². The number of hydrogen-bond acceptors (Lipinski definition) is 8. The van der Waals surface area contributed by atoms with Gasteiger partial charge in [-0.25, -0.2) is 9.59 Å². The maximum Gasteiger partial charge on any atom is 0.323 e. The first-order valence-corrected chi connectivity index (χ1v) is 13.9. The molecule has 2 heterocycles. The Morgan fingerprint density at radius 3 is 2.44 bits per heavy atom. The number of aliphatic hydroxyl groups is 1. The van der Waals surface area contributed by atoms with Gasteiger partial charge in [0.15, 0.2) is 5.76 Å². The highest BCUT2D eigenvalue weighted by Gasteiger charge is 2.34. The Bertz CT molecular complexity index is 1440. The van der Waals surface area contributed by atoms with Crippen molar-refractivity contribution >= 4 is 35.0 Å². The molecule has 1 aliphatic rings. The van der Waals surface area contributed by atoms with Crippen molar-refractivity contribution in [1.29, 1.82) is 0 Å². The third-order valence-electron chi connectivity index (χ3n) is 7.34. The largest absolute Gasteiger partial charge is 0.497 e. The molecule has 1 aromatic heterocycles. The number of fused-ring (bicyclic) bond motifs is 1. The van der Waals surface area contributed by atoms with Crippen LogP contribution in [0.1, 0.15) is 35.7 Å². The van der Waals surface area contributed by atoms with Crippen molar-refractivity contribution in [3.63, 3.8) is 0 Å². The van der Waals surface area contributed by atoms with E-state index in [9.17, 15) is 19.5 Å². The summed E-state index contributed by atoms with van der Waals surface area (Å²) < 4.78 is 16.6. The minimum absolute atomic E-state index is 0.200. The topological polar surface area (TPSA) is 158 Å². The molecule has 1 aliphatic heterocycles. The summed E-state index contributed by atoms with van der Waals surface area (Å²) in [5.41, 5.74) is 2.24. The maximum absolute atomic E-state index is 13.7. The van der Waals surface area contributed by atoms with Crippen LogP contribution in [0.3, 0.4) is 0 Å². The van der Waals surface area contributed by atoms with E-state index in [1.54, 1.807) is 82.3 Å². The summed E-state index contributed by atoms with van der Waals surface area (Å²) >= 11 is 0. The third kappa shape index (κ3) is 7.36. The Morgan fingerprint density at radius 1 is 1.14 bits per heavy atom. The highest BCUT2D eigenvalue weighted by atomic mass is 16.5. The average molecular weight is 595 g/mol. The summed E-state index contributed by atoms with van der Waals surface area (Å²) in [6.07, 6.45) is -0.502. The SMILES string of the molecule is COc1ccc(NC(=O)Nc2ccc3c(c2)C(=O)N([C@H](C)CO)C[C@H](C)[C@@H](CN(C)C(=O)Nc2c(C)noc2C)O3)cc1. The van der Waals surface area contributed by atoms with Gasteiger partial charge in [0.2, 0.25) is 0 Å². The lowest BCUT2D eigenvalue weighted by molar-refractivity contribution is 0.0371. The average Bonchev–Trinajstić information content (AvgIpc) is 3.31. The van der Waals surface area contributed by atoms with E-state index in [1.807, 2.05) is 6.92 Å². The zero-order valence-corrected chi connectivity index (χ0v) is 25.1. The molecule has 0 bridgehead atoms. The Balaban J connectivity index is 1.54. The van der Waals surface area contributed by atoms with Crippen molar-refractivity contribution in [2.24, 2.45) is 5.92 Å². The number of urea groups is 2. The molecule has 43 heavy (non-hydrogen) atoms. The van der Waals surface area contributed by atoms with Gasteiger partial charge in [-0.15, -0.1) is 0 Å². The Kier molecular flexibility index (Phi) is 9.76. The van der Waals surface area contributed by atoms with Crippen molar-refractivity contribution in [3.05, 3.63) is 59.5 Å². The first-order valence-electron chi connectivity index (χ1n) is 13.9. The summed E-state index contributed by atoms with van der Waals surface area (Å²) in [6.45, 7) is 7.39. The van der Waals surface area contributed by atoms with Gasteiger partial charge in [0, 0.05) is 30.9 Å². The van der Waals surface area contributed by atoms with Crippen molar-refractivity contribution in [2.75, 3.05) is 49.8 Å². The van der Waals surface area contributed by atoms with Gasteiger partial charge in [0.05, 0.1) is 31.9 Å². The van der Waals surface area contributed by atoms with Gasteiger partial charge in [0.1, 0.15) is 29.0 Å². The van der Waals surface area contributed by atoms with Crippen LogP contribution in [0.4, 0.5) is 26.7 Å². The molecule has 3 atom stereocenters. The second kappa shape index (κ2) is 13.5. The van der Waals surface area contributed by atoms with Crippen LogP contribution >= 0.6 is 0 Å². The lowest BCUT2D eigenvalue weighted by atomic mass is 9.99. The number of aromatic nitrogens is 1. The van der Waals surface area contributed by atoms with Crippen LogP contribution in [-0.2, 0) is 0 Å². The summed E-state index contributed by atoms with van der Waals surface area (Å²) in [4.78, 5) is 42.5. The fourth-order valence-electron chi connectivity index (χ4n) is 4.70. The lowest BCUT2D eigenvalue weighted by Gasteiger charge is -2.38. The van der Waals surface area contributed by atoms with Crippen LogP contribution in [0.25, 0.3) is 0 Å². The van der Waals surface area contributed by atoms with Crippen molar-refractivity contribution in [3.8, 4) is 11.5 Å². The summed E-state index contributed by atoms with van der Waals surface area (Å²) in [7, 11) is 3.21. The number of likely N-dealkylation sites (N-methyl/N-ethyl adjacent to an activating group) is 1. The first-order chi connectivity index (χ1) is 20.5. The molecule has 0 unspecified atom stereocenters. The molecule has 0 aliphatic carbocycles. The van der Waals surface area contributed by atoms with E-state index in [2.05, 4.69) is 21.1 Å². The second-order valence-corrected chi connectivity index (χ2v) is 10.7. The molecule has 13 nitrogen and oxygen atoms in total. The number of aryl methyl sites for hydroxylation is 2. The predicted octanol–water partition coefficient (Wildman–Crippen LogP) is 4.33. The predicted molar refractivity (Wildman–Crippen MR) is 161 cm³/mol. The number of nitrogens with zero attached hydrogens (tertiary/aromatic N) is 3. The monoisotopic (exact) mass is 594 g/mol. The molecule has 4 N–H and O–H groups in total. The van der Waals surface area contributed by atoms with E-state index in [0.717, 1.165) is 0 Å². The van der Waals surface area contributed by atoms with Crippen LogP contribution in [0.15, 0.2) is 47.0 Å². The fourth-order valence-corrected chi connectivity index (χ4v) is 4.70. The van der Waals surface area contributed by atoms with E-state index in [0.29, 0.717) is 40.0 Å². The van der Waals surface area contributed by atoms with Crippen LogP contribution in [-0.4, -0.2) is 84.0 Å². The molecule has 0 fully saturated rings. The molecule has 0 saturated heterocycles. The van der Waals surface area contributed by atoms with Gasteiger partial charge in [-0.3, -0.25) is 4.79 Å². The molecule has 230 valence electrons. The van der Waals surface area contributed by atoms with Gasteiger partial charge in [0.25, 0.3) is 5.91 Å². The Morgan fingerprint density at radius 2 is 1.81 bits per heavy atom. The number of benzene rings is 2.